The van der Waals surface area contributed by atoms with Crippen LogP contribution >= 0.6 is 0 Å². The van der Waals surface area contributed by atoms with Gasteiger partial charge in [-0.25, -0.2) is 0 Å². The van der Waals surface area contributed by atoms with Gasteiger partial charge in [0.2, 0.25) is 0 Å². The number of hydrogen-bond donors (Lipinski definition) is 2. The van der Waals surface area contributed by atoms with Gasteiger partial charge in [0.25, 0.3) is 0 Å². The largest absolute Gasteiger partial charge is 0.435 e. The Labute approximate surface area is 105 Å². The minimum absolute atomic E-state index is 0.124. The van der Waals surface area contributed by atoms with E-state index in [0.717, 1.165) is 12.0 Å². The van der Waals surface area contributed by atoms with Crippen LogP contribution in [-0.4, -0.2) is 19.8 Å². The van der Waals surface area contributed by atoms with E-state index in [4.69, 9.17) is 10.6 Å². The van der Waals surface area contributed by atoms with E-state index < -0.39 is 6.61 Å². The molecule has 0 bridgehead atoms. The molecule has 0 aliphatic heterocycles. The fraction of sp³-hybridized carbons (Fsp3) is 0.500. The van der Waals surface area contributed by atoms with E-state index in [0.29, 0.717) is 13.2 Å². The highest BCUT2D eigenvalue weighted by molar-refractivity contribution is 5.29. The molecule has 0 saturated carbocycles. The van der Waals surface area contributed by atoms with Crippen molar-refractivity contribution in [3.63, 3.8) is 0 Å². The summed E-state index contributed by atoms with van der Waals surface area (Å²) >= 11 is 0. The van der Waals surface area contributed by atoms with Gasteiger partial charge in [-0.15, -0.1) is 0 Å². The Morgan fingerprint density at radius 2 is 1.94 bits per heavy atom. The number of nitrogens with two attached hydrogens (primary N) is 1. The molecular formula is C12H18F2N2O2. The van der Waals surface area contributed by atoms with E-state index in [1.807, 2.05) is 6.92 Å². The van der Waals surface area contributed by atoms with Crippen LogP contribution in [0.1, 0.15) is 24.9 Å². The maximum atomic E-state index is 12.0. The van der Waals surface area contributed by atoms with Crippen LogP contribution in [0.4, 0.5) is 8.78 Å². The summed E-state index contributed by atoms with van der Waals surface area (Å²) in [6.45, 7) is 0.290. The molecule has 0 saturated heterocycles. The second-order valence-corrected chi connectivity index (χ2v) is 3.74. The second-order valence-electron chi connectivity index (χ2n) is 3.74. The maximum absolute atomic E-state index is 12.0. The van der Waals surface area contributed by atoms with Gasteiger partial charge < -0.3 is 9.47 Å². The van der Waals surface area contributed by atoms with Crippen LogP contribution in [0.15, 0.2) is 24.3 Å². The first-order chi connectivity index (χ1) is 8.67. The van der Waals surface area contributed by atoms with Crippen molar-refractivity contribution in [2.45, 2.75) is 26.0 Å². The van der Waals surface area contributed by atoms with Crippen LogP contribution in [0.5, 0.6) is 5.75 Å². The summed E-state index contributed by atoms with van der Waals surface area (Å²) in [5.74, 6) is 5.55. The second kappa shape index (κ2) is 7.97. The first-order valence-electron chi connectivity index (χ1n) is 5.76. The molecule has 1 atom stereocenters. The van der Waals surface area contributed by atoms with Crippen molar-refractivity contribution in [1.82, 2.24) is 5.43 Å². The van der Waals surface area contributed by atoms with Crippen LogP contribution in [0, 0.1) is 0 Å². The third-order valence-corrected chi connectivity index (χ3v) is 2.34. The number of rotatable bonds is 8. The van der Waals surface area contributed by atoms with Crippen molar-refractivity contribution in [1.29, 1.82) is 0 Å². The molecule has 0 fully saturated rings. The minimum Gasteiger partial charge on any atom is -0.435 e. The molecule has 1 unspecified atom stereocenters. The molecule has 3 N–H and O–H groups in total. The number of halogens is 2. The van der Waals surface area contributed by atoms with Crippen LogP contribution in [0.2, 0.25) is 0 Å². The summed E-state index contributed by atoms with van der Waals surface area (Å²) in [5.41, 5.74) is 3.48. The van der Waals surface area contributed by atoms with Crippen LogP contribution in [0.25, 0.3) is 0 Å². The SMILES string of the molecule is CCCOCC(NN)c1ccc(OC(F)F)cc1. The highest BCUT2D eigenvalue weighted by Crippen LogP contribution is 2.19. The molecule has 6 heteroatoms. The molecule has 0 amide bonds. The summed E-state index contributed by atoms with van der Waals surface area (Å²) in [6.07, 6.45) is 0.929. The molecule has 0 aromatic heterocycles. The number of ether oxygens (including phenoxy) is 2. The highest BCUT2D eigenvalue weighted by Gasteiger charge is 2.10. The molecule has 0 aliphatic rings. The lowest BCUT2D eigenvalue weighted by Gasteiger charge is -2.16. The molecule has 0 heterocycles. The zero-order valence-corrected chi connectivity index (χ0v) is 10.2. The summed E-state index contributed by atoms with van der Waals surface area (Å²) in [4.78, 5) is 0. The van der Waals surface area contributed by atoms with Gasteiger partial charge >= 0.3 is 6.61 Å². The molecule has 0 spiro atoms. The Morgan fingerprint density at radius 1 is 1.28 bits per heavy atom. The lowest BCUT2D eigenvalue weighted by Crippen LogP contribution is -2.31. The van der Waals surface area contributed by atoms with Crippen molar-refractivity contribution in [2.75, 3.05) is 13.2 Å². The van der Waals surface area contributed by atoms with E-state index in [1.54, 1.807) is 12.1 Å². The van der Waals surface area contributed by atoms with Gasteiger partial charge in [-0.3, -0.25) is 11.3 Å². The molecule has 18 heavy (non-hydrogen) atoms. The minimum atomic E-state index is -2.81. The van der Waals surface area contributed by atoms with Crippen LogP contribution in [-0.2, 0) is 4.74 Å². The van der Waals surface area contributed by atoms with Crippen LogP contribution < -0.4 is 16.0 Å². The van der Waals surface area contributed by atoms with E-state index in [1.165, 1.54) is 12.1 Å². The fourth-order valence-electron chi connectivity index (χ4n) is 1.47. The van der Waals surface area contributed by atoms with Gasteiger partial charge in [-0.05, 0) is 24.1 Å². The smallest absolute Gasteiger partial charge is 0.387 e. The first kappa shape index (κ1) is 14.8. The van der Waals surface area contributed by atoms with Gasteiger partial charge in [0, 0.05) is 6.61 Å². The van der Waals surface area contributed by atoms with Gasteiger partial charge in [0.15, 0.2) is 0 Å². The molecular weight excluding hydrogens is 242 g/mol. The van der Waals surface area contributed by atoms with Gasteiger partial charge in [-0.1, -0.05) is 19.1 Å². The zero-order valence-electron chi connectivity index (χ0n) is 10.2. The normalized spacial score (nSPS) is 12.7. The molecule has 0 radical (unpaired) electrons. The molecule has 102 valence electrons. The first-order valence-corrected chi connectivity index (χ1v) is 5.76. The summed E-state index contributed by atoms with van der Waals surface area (Å²) < 4.78 is 33.6. The maximum Gasteiger partial charge on any atom is 0.387 e. The molecule has 4 nitrogen and oxygen atoms in total. The molecule has 1 rings (SSSR count). The number of hydrogen-bond acceptors (Lipinski definition) is 4. The van der Waals surface area contributed by atoms with Gasteiger partial charge in [0.1, 0.15) is 5.75 Å². The third kappa shape index (κ3) is 4.95. The third-order valence-electron chi connectivity index (χ3n) is 2.34. The molecule has 1 aromatic rings. The Bertz CT molecular complexity index is 333. The Kier molecular flexibility index (Phi) is 6.56. The van der Waals surface area contributed by atoms with Crippen molar-refractivity contribution in [2.24, 2.45) is 5.84 Å². The highest BCUT2D eigenvalue weighted by atomic mass is 19.3. The number of benzene rings is 1. The Hall–Kier alpha value is -1.24. The van der Waals surface area contributed by atoms with Crippen molar-refractivity contribution < 1.29 is 18.3 Å². The fourth-order valence-corrected chi connectivity index (χ4v) is 1.47. The number of alkyl halides is 2. The quantitative estimate of drug-likeness (QED) is 0.427. The Balaban J connectivity index is 2.57. The van der Waals surface area contributed by atoms with Gasteiger partial charge in [0.05, 0.1) is 12.6 Å². The van der Waals surface area contributed by atoms with Crippen LogP contribution in [0.3, 0.4) is 0 Å². The number of hydrazine groups is 1. The van der Waals surface area contributed by atoms with Crippen molar-refractivity contribution in [3.05, 3.63) is 29.8 Å². The van der Waals surface area contributed by atoms with Crippen molar-refractivity contribution in [3.8, 4) is 5.75 Å². The lowest BCUT2D eigenvalue weighted by molar-refractivity contribution is -0.0498. The number of nitrogens with one attached hydrogen (secondary N) is 1. The molecule has 1 aromatic carbocycles. The topological polar surface area (TPSA) is 56.5 Å². The summed E-state index contributed by atoms with van der Waals surface area (Å²) in [5, 5.41) is 0. The standard InChI is InChI=1S/C12H18F2N2O2/c1-2-7-17-8-11(16-15)9-3-5-10(6-4-9)18-12(13)14/h3-6,11-12,16H,2,7-8,15H2,1H3. The average molecular weight is 260 g/mol. The summed E-state index contributed by atoms with van der Waals surface area (Å²) in [7, 11) is 0. The van der Waals surface area contributed by atoms with Gasteiger partial charge in [-0.2, -0.15) is 8.78 Å². The monoisotopic (exact) mass is 260 g/mol. The Morgan fingerprint density at radius 3 is 2.44 bits per heavy atom. The lowest BCUT2D eigenvalue weighted by atomic mass is 10.1. The van der Waals surface area contributed by atoms with E-state index in [9.17, 15) is 8.78 Å². The van der Waals surface area contributed by atoms with E-state index in [2.05, 4.69) is 10.2 Å². The average Bonchev–Trinajstić information content (AvgIpc) is 2.35. The predicted octanol–water partition coefficient (Wildman–Crippen LogP) is 2.22. The van der Waals surface area contributed by atoms with E-state index >= 15 is 0 Å². The zero-order chi connectivity index (χ0) is 13.4. The molecule has 0 aliphatic carbocycles. The van der Waals surface area contributed by atoms with E-state index in [-0.39, 0.29) is 11.8 Å². The summed E-state index contributed by atoms with van der Waals surface area (Å²) in [6, 6.07) is 6.14. The predicted molar refractivity (Wildman–Crippen MR) is 64.2 cm³/mol. The van der Waals surface area contributed by atoms with Crippen molar-refractivity contribution >= 4 is 0 Å².